The van der Waals surface area contributed by atoms with E-state index in [4.69, 9.17) is 14.2 Å². The highest BCUT2D eigenvalue weighted by Gasteiger charge is 2.29. The smallest absolute Gasteiger partial charge is 0.248 e. The van der Waals surface area contributed by atoms with Gasteiger partial charge < -0.3 is 14.2 Å². The Morgan fingerprint density at radius 3 is 1.70 bits per heavy atom. The van der Waals surface area contributed by atoms with Crippen LogP contribution in [-0.4, -0.2) is 35.3 Å². The average Bonchev–Trinajstić information content (AvgIpc) is 2.33. The Morgan fingerprint density at radius 2 is 1.40 bits per heavy atom. The molecule has 0 saturated carbocycles. The second-order valence-corrected chi connectivity index (χ2v) is 6.84. The first kappa shape index (κ1) is 16.6. The molecule has 1 rings (SSSR count). The topological polar surface area (TPSA) is 73.9 Å². The molecule has 0 unspecified atom stereocenters. The fourth-order valence-corrected chi connectivity index (χ4v) is 3.42. The summed E-state index contributed by atoms with van der Waals surface area (Å²) in [6.07, 6.45) is 0. The molecular formula is C13H21NO5S. The molecule has 0 aliphatic rings. The van der Waals surface area contributed by atoms with Crippen LogP contribution < -0.4 is 18.9 Å². The summed E-state index contributed by atoms with van der Waals surface area (Å²) < 4.78 is 43.0. The summed E-state index contributed by atoms with van der Waals surface area (Å²) in [5.74, 6) is 0.782. The second-order valence-electron chi connectivity index (χ2n) is 5.22. The van der Waals surface area contributed by atoms with Crippen molar-refractivity contribution in [1.29, 1.82) is 0 Å². The Balaban J connectivity index is 3.50. The molecule has 0 saturated heterocycles. The number of hydrogen-bond donors (Lipinski definition) is 1. The maximum absolute atomic E-state index is 12.5. The molecule has 0 amide bonds. The summed E-state index contributed by atoms with van der Waals surface area (Å²) in [4.78, 5) is -0.0433. The fraction of sp³-hybridized carbons (Fsp3) is 0.538. The lowest BCUT2D eigenvalue weighted by Gasteiger charge is -2.22. The van der Waals surface area contributed by atoms with Gasteiger partial charge in [0.05, 0.1) is 21.3 Å². The predicted molar refractivity (Wildman–Crippen MR) is 76.2 cm³/mol. The summed E-state index contributed by atoms with van der Waals surface area (Å²) in [6.45, 7) is 5.27. The van der Waals surface area contributed by atoms with E-state index < -0.39 is 15.6 Å². The minimum atomic E-state index is -3.78. The first-order valence-corrected chi connectivity index (χ1v) is 7.47. The van der Waals surface area contributed by atoms with Gasteiger partial charge in [-0.2, -0.15) is 0 Å². The third-order valence-electron chi connectivity index (χ3n) is 2.38. The van der Waals surface area contributed by atoms with Gasteiger partial charge in [-0.05, 0) is 20.8 Å². The van der Waals surface area contributed by atoms with Gasteiger partial charge >= 0.3 is 0 Å². The van der Waals surface area contributed by atoms with Gasteiger partial charge in [0.1, 0.15) is 17.2 Å². The van der Waals surface area contributed by atoms with Crippen molar-refractivity contribution in [2.24, 2.45) is 0 Å². The van der Waals surface area contributed by atoms with Gasteiger partial charge in [0.25, 0.3) is 0 Å². The van der Waals surface area contributed by atoms with Gasteiger partial charge in [0.2, 0.25) is 10.0 Å². The highest BCUT2D eigenvalue weighted by molar-refractivity contribution is 7.89. The van der Waals surface area contributed by atoms with Crippen LogP contribution in [0.2, 0.25) is 0 Å². The van der Waals surface area contributed by atoms with Crippen molar-refractivity contribution in [3.8, 4) is 17.2 Å². The van der Waals surface area contributed by atoms with Crippen LogP contribution in [-0.2, 0) is 10.0 Å². The molecule has 20 heavy (non-hydrogen) atoms. The van der Waals surface area contributed by atoms with E-state index in [2.05, 4.69) is 4.72 Å². The van der Waals surface area contributed by atoms with Gasteiger partial charge in [0.15, 0.2) is 4.90 Å². The van der Waals surface area contributed by atoms with E-state index in [9.17, 15) is 8.42 Å². The number of nitrogens with one attached hydrogen (secondary N) is 1. The first-order valence-electron chi connectivity index (χ1n) is 5.98. The van der Waals surface area contributed by atoms with Crippen molar-refractivity contribution in [3.05, 3.63) is 12.1 Å². The number of benzene rings is 1. The number of methoxy groups -OCH3 is 3. The molecule has 0 heterocycles. The van der Waals surface area contributed by atoms with Gasteiger partial charge in [-0.3, -0.25) is 0 Å². The van der Waals surface area contributed by atoms with Crippen LogP contribution in [0.1, 0.15) is 20.8 Å². The monoisotopic (exact) mass is 303 g/mol. The molecule has 0 atom stereocenters. The molecule has 7 heteroatoms. The van der Waals surface area contributed by atoms with Crippen LogP contribution >= 0.6 is 0 Å². The molecule has 0 aliphatic heterocycles. The molecule has 6 nitrogen and oxygen atoms in total. The quantitative estimate of drug-likeness (QED) is 0.897. The van der Waals surface area contributed by atoms with Gasteiger partial charge in [-0.15, -0.1) is 0 Å². The normalized spacial score (nSPS) is 12.1. The van der Waals surface area contributed by atoms with Gasteiger partial charge in [-0.25, -0.2) is 13.1 Å². The Morgan fingerprint density at radius 1 is 0.950 bits per heavy atom. The van der Waals surface area contributed by atoms with E-state index in [0.717, 1.165) is 0 Å². The second kappa shape index (κ2) is 5.88. The molecule has 0 radical (unpaired) electrons. The largest absolute Gasteiger partial charge is 0.496 e. The molecule has 114 valence electrons. The Hall–Kier alpha value is -1.47. The van der Waals surface area contributed by atoms with Gasteiger partial charge in [-0.1, -0.05) is 0 Å². The van der Waals surface area contributed by atoms with Crippen molar-refractivity contribution in [1.82, 2.24) is 4.72 Å². The maximum Gasteiger partial charge on any atom is 0.248 e. The molecular weight excluding hydrogens is 282 g/mol. The Kier molecular flexibility index (Phi) is 4.88. The number of rotatable bonds is 5. The van der Waals surface area contributed by atoms with E-state index >= 15 is 0 Å². The third kappa shape index (κ3) is 3.77. The highest BCUT2D eigenvalue weighted by atomic mass is 32.2. The lowest BCUT2D eigenvalue weighted by molar-refractivity contribution is 0.358. The average molecular weight is 303 g/mol. The number of ether oxygens (including phenoxy) is 3. The summed E-state index contributed by atoms with van der Waals surface area (Å²) in [7, 11) is 0.484. The zero-order valence-electron chi connectivity index (χ0n) is 12.6. The SMILES string of the molecule is COc1cc(OC)c(S(=O)(=O)NC(C)(C)C)c(OC)c1. The minimum absolute atomic E-state index is 0.0433. The van der Waals surface area contributed by atoms with E-state index in [0.29, 0.717) is 5.75 Å². The molecule has 1 aromatic carbocycles. The highest BCUT2D eigenvalue weighted by Crippen LogP contribution is 2.37. The van der Waals surface area contributed by atoms with E-state index in [1.54, 1.807) is 20.8 Å². The molecule has 0 aromatic heterocycles. The van der Waals surface area contributed by atoms with Crippen molar-refractivity contribution in [2.75, 3.05) is 21.3 Å². The van der Waals surface area contributed by atoms with Gasteiger partial charge in [0, 0.05) is 17.7 Å². The molecule has 1 N–H and O–H groups in total. The fourth-order valence-electron chi connectivity index (χ4n) is 1.69. The zero-order valence-corrected chi connectivity index (χ0v) is 13.4. The molecule has 1 aromatic rings. The third-order valence-corrected chi connectivity index (χ3v) is 4.20. The number of sulfonamides is 1. The van der Waals surface area contributed by atoms with Crippen LogP contribution in [0, 0.1) is 0 Å². The van der Waals surface area contributed by atoms with Crippen LogP contribution in [0.4, 0.5) is 0 Å². The molecule has 0 spiro atoms. The lowest BCUT2D eigenvalue weighted by Crippen LogP contribution is -2.40. The molecule has 0 aliphatic carbocycles. The van der Waals surface area contributed by atoms with Crippen LogP contribution in [0.15, 0.2) is 17.0 Å². The summed E-state index contributed by atoms with van der Waals surface area (Å²) in [5, 5.41) is 0. The van der Waals surface area contributed by atoms with Crippen molar-refractivity contribution >= 4 is 10.0 Å². The predicted octanol–water partition coefficient (Wildman–Crippen LogP) is 1.79. The van der Waals surface area contributed by atoms with Crippen LogP contribution in [0.25, 0.3) is 0 Å². The Bertz CT molecular complexity index is 550. The Labute approximate surface area is 120 Å². The minimum Gasteiger partial charge on any atom is -0.496 e. The van der Waals surface area contributed by atoms with E-state index in [-0.39, 0.29) is 16.4 Å². The van der Waals surface area contributed by atoms with Crippen molar-refractivity contribution in [3.63, 3.8) is 0 Å². The zero-order chi connectivity index (χ0) is 15.6. The maximum atomic E-state index is 12.5. The molecule has 0 fully saturated rings. The van der Waals surface area contributed by atoms with E-state index in [1.807, 2.05) is 0 Å². The summed E-state index contributed by atoms with van der Waals surface area (Å²) in [5.41, 5.74) is -0.616. The van der Waals surface area contributed by atoms with Crippen LogP contribution in [0.3, 0.4) is 0 Å². The van der Waals surface area contributed by atoms with Crippen molar-refractivity contribution < 1.29 is 22.6 Å². The number of hydrogen-bond acceptors (Lipinski definition) is 5. The standard InChI is InChI=1S/C13H21NO5S/c1-13(2,3)14-20(15,16)12-10(18-5)7-9(17-4)8-11(12)19-6/h7-8,14H,1-6H3. The lowest BCUT2D eigenvalue weighted by atomic mass is 10.1. The van der Waals surface area contributed by atoms with Crippen molar-refractivity contribution in [2.45, 2.75) is 31.2 Å². The summed E-state index contributed by atoms with van der Waals surface area (Å²) >= 11 is 0. The molecule has 0 bridgehead atoms. The summed E-state index contributed by atoms with van der Waals surface area (Å²) in [6, 6.07) is 3.00. The van der Waals surface area contributed by atoms with Crippen LogP contribution in [0.5, 0.6) is 17.2 Å². The van der Waals surface area contributed by atoms with E-state index in [1.165, 1.54) is 33.5 Å². The first-order chi connectivity index (χ1) is 9.14.